The second-order valence-corrected chi connectivity index (χ2v) is 6.46. The number of urea groups is 1. The highest BCUT2D eigenvalue weighted by molar-refractivity contribution is 6.30. The lowest BCUT2D eigenvalue weighted by atomic mass is 9.96. The topological polar surface area (TPSA) is 50.4 Å². The smallest absolute Gasteiger partial charge is 0.319 e. The van der Waals surface area contributed by atoms with E-state index in [0.717, 1.165) is 17.9 Å². The maximum Gasteiger partial charge on any atom is 0.319 e. The van der Waals surface area contributed by atoms with E-state index >= 15 is 0 Å². The molecule has 0 atom stereocenters. The van der Waals surface area contributed by atoms with E-state index in [0.29, 0.717) is 24.6 Å². The van der Waals surface area contributed by atoms with E-state index in [1.54, 1.807) is 0 Å². The molecular weight excluding hydrogens is 324 g/mol. The zero-order valence-corrected chi connectivity index (χ0v) is 14.4. The molecule has 0 radical (unpaired) electrons. The van der Waals surface area contributed by atoms with Gasteiger partial charge in [-0.3, -0.25) is 0 Å². The largest absolute Gasteiger partial charge is 0.492 e. The van der Waals surface area contributed by atoms with Crippen molar-refractivity contribution < 1.29 is 9.53 Å². The number of anilines is 1. The summed E-state index contributed by atoms with van der Waals surface area (Å²) in [7, 11) is 0. The summed E-state index contributed by atoms with van der Waals surface area (Å²) in [6.45, 7) is 3.08. The predicted molar refractivity (Wildman–Crippen MR) is 97.0 cm³/mol. The fourth-order valence-corrected chi connectivity index (χ4v) is 2.92. The van der Waals surface area contributed by atoms with Crippen LogP contribution in [0.2, 0.25) is 5.02 Å². The SMILES string of the molecule is CCOc1ccccc1NC(=O)NCC1(c2ccc(Cl)cc2)CC1. The van der Waals surface area contributed by atoms with Gasteiger partial charge in [0.1, 0.15) is 5.75 Å². The number of carbonyl (C=O) groups excluding carboxylic acids is 1. The highest BCUT2D eigenvalue weighted by Crippen LogP contribution is 2.47. The molecular formula is C19H21ClN2O2. The van der Waals surface area contributed by atoms with Gasteiger partial charge in [0.25, 0.3) is 0 Å². The Balaban J connectivity index is 1.59. The zero-order chi connectivity index (χ0) is 17.0. The molecule has 0 unspecified atom stereocenters. The second kappa shape index (κ2) is 7.14. The maximum atomic E-state index is 12.2. The molecule has 0 saturated heterocycles. The van der Waals surface area contributed by atoms with Crippen molar-refractivity contribution in [1.29, 1.82) is 0 Å². The van der Waals surface area contributed by atoms with Crippen LogP contribution < -0.4 is 15.4 Å². The Morgan fingerprint density at radius 1 is 1.17 bits per heavy atom. The second-order valence-electron chi connectivity index (χ2n) is 6.02. The Bertz CT molecular complexity index is 712. The molecule has 1 saturated carbocycles. The highest BCUT2D eigenvalue weighted by atomic mass is 35.5. The Kier molecular flexibility index (Phi) is 4.95. The van der Waals surface area contributed by atoms with Crippen LogP contribution in [0, 0.1) is 0 Å². The number of carbonyl (C=O) groups is 1. The van der Waals surface area contributed by atoms with Crippen molar-refractivity contribution in [1.82, 2.24) is 5.32 Å². The van der Waals surface area contributed by atoms with Gasteiger partial charge in [-0.15, -0.1) is 0 Å². The minimum atomic E-state index is -0.220. The lowest BCUT2D eigenvalue weighted by molar-refractivity contribution is 0.251. The average molecular weight is 345 g/mol. The number of rotatable bonds is 6. The number of ether oxygens (including phenoxy) is 1. The summed E-state index contributed by atoms with van der Waals surface area (Å²) >= 11 is 5.95. The van der Waals surface area contributed by atoms with Crippen LogP contribution in [0.1, 0.15) is 25.3 Å². The molecule has 0 spiro atoms. The number of para-hydroxylation sites is 2. The Morgan fingerprint density at radius 2 is 1.88 bits per heavy atom. The van der Waals surface area contributed by atoms with Crippen LogP contribution in [0.5, 0.6) is 5.75 Å². The van der Waals surface area contributed by atoms with Crippen LogP contribution in [-0.2, 0) is 5.41 Å². The monoisotopic (exact) mass is 344 g/mol. The summed E-state index contributed by atoms with van der Waals surface area (Å²) in [5.41, 5.74) is 1.94. The standard InChI is InChI=1S/C19H21ClN2O2/c1-2-24-17-6-4-3-5-16(17)22-18(23)21-13-19(11-12-19)14-7-9-15(20)10-8-14/h3-10H,2,11-13H2,1H3,(H2,21,22,23). The molecule has 3 rings (SSSR count). The van der Waals surface area contributed by atoms with Gasteiger partial charge in [-0.25, -0.2) is 4.79 Å². The quantitative estimate of drug-likeness (QED) is 0.805. The molecule has 1 aliphatic rings. The van der Waals surface area contributed by atoms with Gasteiger partial charge in [0.05, 0.1) is 12.3 Å². The highest BCUT2D eigenvalue weighted by Gasteiger charge is 2.44. The van der Waals surface area contributed by atoms with Crippen LogP contribution in [0.3, 0.4) is 0 Å². The Morgan fingerprint density at radius 3 is 2.54 bits per heavy atom. The van der Waals surface area contributed by atoms with Gasteiger partial charge in [-0.2, -0.15) is 0 Å². The fraction of sp³-hybridized carbons (Fsp3) is 0.316. The Labute approximate surface area is 147 Å². The van der Waals surface area contributed by atoms with E-state index in [4.69, 9.17) is 16.3 Å². The van der Waals surface area contributed by atoms with Crippen LogP contribution >= 0.6 is 11.6 Å². The zero-order valence-electron chi connectivity index (χ0n) is 13.6. The van der Waals surface area contributed by atoms with Gasteiger partial charge in [0.2, 0.25) is 0 Å². The van der Waals surface area contributed by atoms with Crippen molar-refractivity contribution in [3.8, 4) is 5.75 Å². The summed E-state index contributed by atoms with van der Waals surface area (Å²) in [5, 5.41) is 6.57. The summed E-state index contributed by atoms with van der Waals surface area (Å²) in [4.78, 5) is 12.2. The first-order valence-corrected chi connectivity index (χ1v) is 8.53. The summed E-state index contributed by atoms with van der Waals surface area (Å²) in [5.74, 6) is 0.675. The van der Waals surface area contributed by atoms with Crippen molar-refractivity contribution in [3.05, 3.63) is 59.1 Å². The van der Waals surface area contributed by atoms with E-state index in [2.05, 4.69) is 10.6 Å². The maximum absolute atomic E-state index is 12.2. The fourth-order valence-electron chi connectivity index (χ4n) is 2.79. The molecule has 2 N–H and O–H groups in total. The first-order valence-electron chi connectivity index (χ1n) is 8.16. The summed E-state index contributed by atoms with van der Waals surface area (Å²) in [6, 6.07) is 15.1. The van der Waals surface area contributed by atoms with Crippen molar-refractivity contribution in [2.24, 2.45) is 0 Å². The number of benzene rings is 2. The van der Waals surface area contributed by atoms with Crippen molar-refractivity contribution >= 4 is 23.3 Å². The molecule has 24 heavy (non-hydrogen) atoms. The van der Waals surface area contributed by atoms with Crippen LogP contribution in [0.25, 0.3) is 0 Å². The third-order valence-electron chi connectivity index (χ3n) is 4.33. The molecule has 0 bridgehead atoms. The lowest BCUT2D eigenvalue weighted by Gasteiger charge is -2.18. The first kappa shape index (κ1) is 16.7. The van der Waals surface area contributed by atoms with Gasteiger partial charge in [-0.05, 0) is 49.6 Å². The number of hydrogen-bond acceptors (Lipinski definition) is 2. The van der Waals surface area contributed by atoms with Crippen molar-refractivity contribution in [2.75, 3.05) is 18.5 Å². The van der Waals surface area contributed by atoms with E-state index in [-0.39, 0.29) is 11.4 Å². The molecule has 4 nitrogen and oxygen atoms in total. The van der Waals surface area contributed by atoms with Gasteiger partial charge >= 0.3 is 6.03 Å². The van der Waals surface area contributed by atoms with Gasteiger partial charge < -0.3 is 15.4 Å². The number of hydrogen-bond donors (Lipinski definition) is 2. The first-order chi connectivity index (χ1) is 11.6. The minimum absolute atomic E-state index is 0.0430. The van der Waals surface area contributed by atoms with E-state index in [1.807, 2.05) is 55.5 Å². The molecule has 126 valence electrons. The van der Waals surface area contributed by atoms with Crippen molar-refractivity contribution in [2.45, 2.75) is 25.2 Å². The number of halogens is 1. The normalized spacial score (nSPS) is 14.8. The van der Waals surface area contributed by atoms with E-state index in [1.165, 1.54) is 5.56 Å². The predicted octanol–water partition coefficient (Wildman–Crippen LogP) is 4.59. The molecule has 0 heterocycles. The molecule has 1 aliphatic carbocycles. The summed E-state index contributed by atoms with van der Waals surface area (Å²) < 4.78 is 5.52. The van der Waals surface area contributed by atoms with Crippen LogP contribution in [-0.4, -0.2) is 19.2 Å². The minimum Gasteiger partial charge on any atom is -0.492 e. The van der Waals surface area contributed by atoms with Crippen molar-refractivity contribution in [3.63, 3.8) is 0 Å². The molecule has 2 amide bonds. The summed E-state index contributed by atoms with van der Waals surface area (Å²) in [6.07, 6.45) is 2.15. The van der Waals surface area contributed by atoms with E-state index in [9.17, 15) is 4.79 Å². The molecule has 0 aliphatic heterocycles. The van der Waals surface area contributed by atoms with Gasteiger partial charge in [0, 0.05) is 17.0 Å². The average Bonchev–Trinajstić information content (AvgIpc) is 3.37. The number of nitrogens with one attached hydrogen (secondary N) is 2. The molecule has 0 aromatic heterocycles. The molecule has 2 aromatic carbocycles. The molecule has 1 fully saturated rings. The molecule has 2 aromatic rings. The lowest BCUT2D eigenvalue weighted by Crippen LogP contribution is -2.35. The van der Waals surface area contributed by atoms with E-state index < -0.39 is 0 Å². The molecule has 5 heteroatoms. The third kappa shape index (κ3) is 3.82. The number of amides is 2. The third-order valence-corrected chi connectivity index (χ3v) is 4.58. The van der Waals surface area contributed by atoms with Crippen LogP contribution in [0.4, 0.5) is 10.5 Å². The van der Waals surface area contributed by atoms with Gasteiger partial charge in [0.15, 0.2) is 0 Å². The van der Waals surface area contributed by atoms with Gasteiger partial charge in [-0.1, -0.05) is 35.9 Å². The Hall–Kier alpha value is -2.20. The van der Waals surface area contributed by atoms with Crippen LogP contribution in [0.15, 0.2) is 48.5 Å².